The average molecular weight is 593 g/mol. The molecule has 0 saturated carbocycles. The van der Waals surface area contributed by atoms with Crippen molar-refractivity contribution in [3.63, 3.8) is 0 Å². The van der Waals surface area contributed by atoms with Gasteiger partial charge >= 0.3 is 11.9 Å². The van der Waals surface area contributed by atoms with Gasteiger partial charge in [0.25, 0.3) is 0 Å². The Morgan fingerprint density at radius 3 is 1.72 bits per heavy atom. The number of halogens is 1. The van der Waals surface area contributed by atoms with Crippen LogP contribution in [-0.2, 0) is 9.47 Å². The molecule has 0 amide bonds. The number of hydrogen-bond donors (Lipinski definition) is 1. The summed E-state index contributed by atoms with van der Waals surface area (Å²) in [6.45, 7) is 0. The van der Waals surface area contributed by atoms with Gasteiger partial charge in [-0.05, 0) is 59.0 Å². The summed E-state index contributed by atoms with van der Waals surface area (Å²) in [7, 11) is 2.70. The first kappa shape index (κ1) is 23.7. The molecule has 0 aliphatic rings. The van der Waals surface area contributed by atoms with E-state index in [1.54, 1.807) is 12.1 Å². The summed E-state index contributed by atoms with van der Waals surface area (Å²) in [6.07, 6.45) is 0. The molecule has 0 aliphatic carbocycles. The molecule has 0 atom stereocenters. The molecule has 8 heteroatoms. The number of fused-ring (bicyclic) bond motifs is 6. The van der Waals surface area contributed by atoms with Gasteiger partial charge in [-0.3, -0.25) is 0 Å². The predicted octanol–water partition coefficient (Wildman–Crippen LogP) is 6.93. The number of anilines is 1. The number of nitrogens with two attached hydrogens (primary N) is 1. The first-order valence-electron chi connectivity index (χ1n) is 10.9. The number of carbonyl (C=O) groups is 2. The highest BCUT2D eigenvalue weighted by atomic mass is 127. The number of rotatable bonds is 2. The minimum Gasteiger partial charge on any atom is -0.465 e. The average Bonchev–Trinajstić information content (AvgIpc) is 3.48. The molecule has 0 unspecified atom stereocenters. The van der Waals surface area contributed by atoms with Gasteiger partial charge in [-0.1, -0.05) is 36.4 Å². The van der Waals surface area contributed by atoms with Crippen molar-refractivity contribution in [3.05, 3.63) is 87.5 Å². The smallest absolute Gasteiger partial charge is 0.340 e. The zero-order chi connectivity index (χ0) is 25.4. The van der Waals surface area contributed by atoms with E-state index >= 15 is 0 Å². The number of carbonyl (C=O) groups excluding carboxylic acids is 2. The zero-order valence-corrected chi connectivity index (χ0v) is 21.5. The maximum atomic E-state index is 11.6. The molecule has 2 aromatic heterocycles. The van der Waals surface area contributed by atoms with Crippen LogP contribution in [0.25, 0.3) is 43.9 Å². The Bertz CT molecular complexity index is 1650. The molecule has 2 N–H and O–H groups in total. The summed E-state index contributed by atoms with van der Waals surface area (Å²) >= 11 is 2.12. The van der Waals surface area contributed by atoms with Crippen LogP contribution in [0.1, 0.15) is 20.7 Å². The number of esters is 2. The SMILES string of the molecule is COC(=O)c1ccc2c(oc3ccccc32)c1I.COC(=O)c1ccc2c(oc3ccccc32)c1N. The molecule has 36 heavy (non-hydrogen) atoms. The molecule has 2 heterocycles. The van der Waals surface area contributed by atoms with Crippen molar-refractivity contribution >= 4 is 84.1 Å². The molecule has 6 rings (SSSR count). The summed E-state index contributed by atoms with van der Waals surface area (Å²) in [5.41, 5.74) is 9.98. The molecule has 0 bridgehead atoms. The van der Waals surface area contributed by atoms with Gasteiger partial charge in [0.1, 0.15) is 16.7 Å². The maximum absolute atomic E-state index is 11.6. The monoisotopic (exact) mass is 593 g/mol. The zero-order valence-electron chi connectivity index (χ0n) is 19.3. The fourth-order valence-corrected chi connectivity index (χ4v) is 4.92. The highest BCUT2D eigenvalue weighted by Gasteiger charge is 2.18. The van der Waals surface area contributed by atoms with Crippen molar-refractivity contribution in [2.24, 2.45) is 0 Å². The lowest BCUT2D eigenvalue weighted by atomic mass is 10.1. The quantitative estimate of drug-likeness (QED) is 0.132. The third-order valence-electron chi connectivity index (χ3n) is 5.88. The standard InChI is InChI=1S/C14H9IO3.C14H11NO3/c2*1-17-14(16)10-7-6-9-8-4-2-3-5-11(8)18-13(9)12(10)15/h2-7H,1H3;2-7H,15H2,1H3. The van der Waals surface area contributed by atoms with Gasteiger partial charge in [-0.2, -0.15) is 0 Å². The highest BCUT2D eigenvalue weighted by Crippen LogP contribution is 2.35. The first-order valence-corrected chi connectivity index (χ1v) is 12.0. The molecule has 0 spiro atoms. The van der Waals surface area contributed by atoms with E-state index in [9.17, 15) is 9.59 Å². The van der Waals surface area contributed by atoms with Gasteiger partial charge < -0.3 is 24.0 Å². The number of para-hydroxylation sites is 2. The van der Waals surface area contributed by atoms with E-state index in [-0.39, 0.29) is 5.97 Å². The van der Waals surface area contributed by atoms with Gasteiger partial charge in [0.15, 0.2) is 5.58 Å². The second-order valence-corrected chi connectivity index (χ2v) is 8.97. The van der Waals surface area contributed by atoms with Crippen molar-refractivity contribution in [1.82, 2.24) is 0 Å². The van der Waals surface area contributed by atoms with Crippen LogP contribution in [0.4, 0.5) is 5.69 Å². The normalized spacial score (nSPS) is 11.0. The van der Waals surface area contributed by atoms with E-state index in [4.69, 9.17) is 19.3 Å². The predicted molar refractivity (Wildman–Crippen MR) is 147 cm³/mol. The molecule has 0 radical (unpaired) electrons. The Morgan fingerprint density at radius 2 is 1.14 bits per heavy atom. The Balaban J connectivity index is 0.000000148. The van der Waals surface area contributed by atoms with Crippen LogP contribution < -0.4 is 5.73 Å². The van der Waals surface area contributed by atoms with Gasteiger partial charge in [0.05, 0.1) is 34.6 Å². The summed E-state index contributed by atoms with van der Waals surface area (Å²) in [6, 6.07) is 22.6. The number of ether oxygens (including phenoxy) is 2. The lowest BCUT2D eigenvalue weighted by Crippen LogP contribution is -2.05. The van der Waals surface area contributed by atoms with Crippen LogP contribution in [0.15, 0.2) is 81.6 Å². The van der Waals surface area contributed by atoms with E-state index in [2.05, 4.69) is 27.3 Å². The van der Waals surface area contributed by atoms with Gasteiger partial charge in [-0.25, -0.2) is 9.59 Å². The van der Waals surface area contributed by atoms with Crippen LogP contribution in [0, 0.1) is 3.57 Å². The molecule has 7 nitrogen and oxygen atoms in total. The molecular formula is C28H20INO6. The number of hydrogen-bond acceptors (Lipinski definition) is 7. The van der Waals surface area contributed by atoms with Crippen LogP contribution in [-0.4, -0.2) is 26.2 Å². The van der Waals surface area contributed by atoms with Crippen LogP contribution >= 0.6 is 22.6 Å². The van der Waals surface area contributed by atoms with Crippen molar-refractivity contribution in [2.75, 3.05) is 20.0 Å². The molecule has 4 aromatic carbocycles. The molecule has 180 valence electrons. The Hall–Kier alpha value is -4.05. The second kappa shape index (κ2) is 9.54. The summed E-state index contributed by atoms with van der Waals surface area (Å²) in [4.78, 5) is 23.2. The van der Waals surface area contributed by atoms with E-state index in [0.29, 0.717) is 22.4 Å². The van der Waals surface area contributed by atoms with Crippen LogP contribution in [0.2, 0.25) is 0 Å². The fraction of sp³-hybridized carbons (Fsp3) is 0.0714. The van der Waals surface area contributed by atoms with Gasteiger partial charge in [0, 0.05) is 21.5 Å². The Labute approximate surface area is 218 Å². The molecular weight excluding hydrogens is 573 g/mol. The number of nitrogen functional groups attached to an aromatic ring is 1. The number of furan rings is 2. The van der Waals surface area contributed by atoms with Crippen molar-refractivity contribution < 1.29 is 27.9 Å². The Kier molecular flexibility index (Phi) is 6.27. The molecule has 6 aromatic rings. The van der Waals surface area contributed by atoms with Gasteiger partial charge in [-0.15, -0.1) is 0 Å². The first-order chi connectivity index (χ1) is 17.4. The van der Waals surface area contributed by atoms with E-state index in [1.165, 1.54) is 14.2 Å². The third kappa shape index (κ3) is 3.93. The number of benzene rings is 4. The van der Waals surface area contributed by atoms with Crippen molar-refractivity contribution in [2.45, 2.75) is 0 Å². The lowest BCUT2D eigenvalue weighted by molar-refractivity contribution is 0.0592. The summed E-state index contributed by atoms with van der Waals surface area (Å²) in [5.74, 6) is -0.809. The van der Waals surface area contributed by atoms with Gasteiger partial charge in [0.2, 0.25) is 0 Å². The minimum atomic E-state index is -0.463. The maximum Gasteiger partial charge on any atom is 0.340 e. The lowest BCUT2D eigenvalue weighted by Gasteiger charge is -2.03. The molecule has 0 saturated heterocycles. The second-order valence-electron chi connectivity index (χ2n) is 7.89. The highest BCUT2D eigenvalue weighted by molar-refractivity contribution is 14.1. The Morgan fingerprint density at radius 1 is 0.667 bits per heavy atom. The third-order valence-corrected chi connectivity index (χ3v) is 6.95. The van der Waals surface area contributed by atoms with E-state index in [0.717, 1.165) is 41.9 Å². The fourth-order valence-electron chi connectivity index (χ4n) is 4.12. The minimum absolute atomic E-state index is 0.315. The van der Waals surface area contributed by atoms with Crippen LogP contribution in [0.3, 0.4) is 0 Å². The number of methoxy groups -OCH3 is 2. The van der Waals surface area contributed by atoms with Crippen LogP contribution in [0.5, 0.6) is 0 Å². The summed E-state index contributed by atoms with van der Waals surface area (Å²) in [5, 5.41) is 3.95. The topological polar surface area (TPSA) is 105 Å². The molecule has 0 fully saturated rings. The van der Waals surface area contributed by atoms with E-state index in [1.807, 2.05) is 60.7 Å². The molecule has 0 aliphatic heterocycles. The van der Waals surface area contributed by atoms with Crippen molar-refractivity contribution in [1.29, 1.82) is 0 Å². The summed E-state index contributed by atoms with van der Waals surface area (Å²) < 4.78 is 21.7. The van der Waals surface area contributed by atoms with E-state index < -0.39 is 5.97 Å². The largest absolute Gasteiger partial charge is 0.465 e. The van der Waals surface area contributed by atoms with Crippen molar-refractivity contribution in [3.8, 4) is 0 Å².